The predicted molar refractivity (Wildman–Crippen MR) is 87.8 cm³/mol. The molecule has 2 nitrogen and oxygen atoms in total. The first-order valence-corrected chi connectivity index (χ1v) is 7.81. The molecule has 0 aliphatic carbocycles. The second kappa shape index (κ2) is 5.04. The molecule has 2 aliphatic rings. The second-order valence-corrected chi connectivity index (χ2v) is 6.45. The van der Waals surface area contributed by atoms with Crippen LogP contribution in [-0.4, -0.2) is 17.3 Å². The average Bonchev–Trinajstić information content (AvgIpc) is 2.89. The van der Waals surface area contributed by atoms with Crippen molar-refractivity contribution in [3.63, 3.8) is 0 Å². The Kier molecular flexibility index (Phi) is 3.16. The third kappa shape index (κ3) is 2.33. The van der Waals surface area contributed by atoms with Crippen molar-refractivity contribution in [2.24, 2.45) is 4.99 Å². The third-order valence-electron chi connectivity index (χ3n) is 4.24. The summed E-state index contributed by atoms with van der Waals surface area (Å²) in [4.78, 5) is 7.11. The normalized spacial score (nSPS) is 20.0. The van der Waals surface area contributed by atoms with Gasteiger partial charge in [0.2, 0.25) is 0 Å². The van der Waals surface area contributed by atoms with Crippen LogP contribution in [0.2, 0.25) is 10.0 Å². The Balaban J connectivity index is 1.68. The molecule has 1 fully saturated rings. The van der Waals surface area contributed by atoms with Gasteiger partial charge in [-0.1, -0.05) is 53.5 Å². The van der Waals surface area contributed by atoms with Crippen molar-refractivity contribution in [1.29, 1.82) is 0 Å². The number of benzene rings is 2. The van der Waals surface area contributed by atoms with Crippen LogP contribution in [0.25, 0.3) is 0 Å². The standard InChI is InChI=1S/C17H14Cl2N2/c18-13-7-15(19)14-10-21-9-12(11-4-2-1-3-5-11)6-17(21)20-16(14)8-13/h1-5,7-8,12H,6,9-10H2. The van der Waals surface area contributed by atoms with Gasteiger partial charge in [0.25, 0.3) is 0 Å². The molecule has 1 unspecified atom stereocenters. The van der Waals surface area contributed by atoms with Gasteiger partial charge in [-0.05, 0) is 17.7 Å². The zero-order valence-corrected chi connectivity index (χ0v) is 12.9. The van der Waals surface area contributed by atoms with Crippen LogP contribution in [0.15, 0.2) is 47.5 Å². The summed E-state index contributed by atoms with van der Waals surface area (Å²) in [6, 6.07) is 14.3. The van der Waals surface area contributed by atoms with E-state index in [2.05, 4.69) is 35.2 Å². The Morgan fingerprint density at radius 2 is 1.90 bits per heavy atom. The maximum absolute atomic E-state index is 6.31. The highest BCUT2D eigenvalue weighted by atomic mass is 35.5. The number of halogens is 2. The van der Waals surface area contributed by atoms with E-state index in [1.165, 1.54) is 5.56 Å². The van der Waals surface area contributed by atoms with Crippen molar-refractivity contribution in [2.75, 3.05) is 6.54 Å². The highest BCUT2D eigenvalue weighted by Crippen LogP contribution is 2.40. The second-order valence-electron chi connectivity index (χ2n) is 5.61. The molecule has 2 heterocycles. The van der Waals surface area contributed by atoms with E-state index in [1.807, 2.05) is 6.07 Å². The van der Waals surface area contributed by atoms with Crippen molar-refractivity contribution in [2.45, 2.75) is 18.9 Å². The molecule has 0 spiro atoms. The quantitative estimate of drug-likeness (QED) is 0.720. The van der Waals surface area contributed by atoms with Gasteiger partial charge in [0.05, 0.1) is 5.69 Å². The third-order valence-corrected chi connectivity index (χ3v) is 4.80. The van der Waals surface area contributed by atoms with Crippen LogP contribution >= 0.6 is 23.2 Å². The lowest BCUT2D eigenvalue weighted by Crippen LogP contribution is -2.27. The molecular weight excluding hydrogens is 303 g/mol. The molecule has 2 aromatic carbocycles. The van der Waals surface area contributed by atoms with Gasteiger partial charge < -0.3 is 4.90 Å². The van der Waals surface area contributed by atoms with Gasteiger partial charge in [-0.3, -0.25) is 0 Å². The van der Waals surface area contributed by atoms with Crippen molar-refractivity contribution in [1.82, 2.24) is 4.90 Å². The summed E-state index contributed by atoms with van der Waals surface area (Å²) in [5.41, 5.74) is 3.38. The summed E-state index contributed by atoms with van der Waals surface area (Å²) in [5, 5.41) is 1.36. The van der Waals surface area contributed by atoms with E-state index in [0.717, 1.165) is 36.6 Å². The summed E-state index contributed by atoms with van der Waals surface area (Å²) >= 11 is 12.4. The first kappa shape index (κ1) is 13.2. The lowest BCUT2D eigenvalue weighted by Gasteiger charge is -2.25. The van der Waals surface area contributed by atoms with Crippen LogP contribution in [0.4, 0.5) is 5.69 Å². The molecular formula is C17H14Cl2N2. The van der Waals surface area contributed by atoms with E-state index >= 15 is 0 Å². The molecule has 0 amide bonds. The van der Waals surface area contributed by atoms with Gasteiger partial charge in [-0.25, -0.2) is 4.99 Å². The molecule has 2 aromatic rings. The van der Waals surface area contributed by atoms with Gasteiger partial charge in [-0.15, -0.1) is 0 Å². The Morgan fingerprint density at radius 3 is 2.71 bits per heavy atom. The fourth-order valence-electron chi connectivity index (χ4n) is 3.18. The lowest BCUT2D eigenvalue weighted by atomic mass is 9.98. The number of amidine groups is 1. The topological polar surface area (TPSA) is 15.6 Å². The zero-order valence-electron chi connectivity index (χ0n) is 11.4. The number of fused-ring (bicyclic) bond motifs is 2. The van der Waals surface area contributed by atoms with E-state index < -0.39 is 0 Å². The summed E-state index contributed by atoms with van der Waals surface area (Å²) in [7, 11) is 0. The highest BCUT2D eigenvalue weighted by Gasteiger charge is 2.32. The monoisotopic (exact) mass is 316 g/mol. The molecule has 21 heavy (non-hydrogen) atoms. The minimum absolute atomic E-state index is 0.508. The minimum Gasteiger partial charge on any atom is -0.355 e. The largest absolute Gasteiger partial charge is 0.355 e. The van der Waals surface area contributed by atoms with E-state index in [-0.39, 0.29) is 0 Å². The SMILES string of the molecule is Clc1cc(Cl)c2c(c1)N=C1CC(c3ccccc3)CN1C2. The van der Waals surface area contributed by atoms with Crippen LogP contribution < -0.4 is 0 Å². The molecule has 4 rings (SSSR count). The number of aliphatic imine (C=N–C) groups is 1. The van der Waals surface area contributed by atoms with Crippen molar-refractivity contribution in [3.05, 3.63) is 63.6 Å². The van der Waals surface area contributed by atoms with Gasteiger partial charge in [0.1, 0.15) is 5.84 Å². The highest BCUT2D eigenvalue weighted by molar-refractivity contribution is 6.35. The summed E-state index contributed by atoms with van der Waals surface area (Å²) < 4.78 is 0. The van der Waals surface area contributed by atoms with Crippen LogP contribution in [-0.2, 0) is 6.54 Å². The van der Waals surface area contributed by atoms with Gasteiger partial charge in [0.15, 0.2) is 0 Å². The van der Waals surface area contributed by atoms with Crippen molar-refractivity contribution < 1.29 is 0 Å². The predicted octanol–water partition coefficient (Wildman–Crippen LogP) is 5.03. The van der Waals surface area contributed by atoms with Crippen LogP contribution in [0.3, 0.4) is 0 Å². The summed E-state index contributed by atoms with van der Waals surface area (Å²) in [6.45, 7) is 1.83. The Morgan fingerprint density at radius 1 is 1.10 bits per heavy atom. The van der Waals surface area contributed by atoms with Crippen LogP contribution in [0, 0.1) is 0 Å². The lowest BCUT2D eigenvalue weighted by molar-refractivity contribution is 0.426. The maximum atomic E-state index is 6.31. The van der Waals surface area contributed by atoms with Crippen molar-refractivity contribution >= 4 is 34.7 Å². The summed E-state index contributed by atoms with van der Waals surface area (Å²) in [6.07, 6.45) is 0.980. The first-order chi connectivity index (χ1) is 10.2. The van der Waals surface area contributed by atoms with Crippen LogP contribution in [0.1, 0.15) is 23.5 Å². The molecule has 0 aromatic heterocycles. The van der Waals surface area contributed by atoms with E-state index in [9.17, 15) is 0 Å². The molecule has 2 aliphatic heterocycles. The minimum atomic E-state index is 0.508. The Bertz CT molecular complexity index is 725. The number of rotatable bonds is 1. The first-order valence-electron chi connectivity index (χ1n) is 7.06. The average molecular weight is 317 g/mol. The van der Waals surface area contributed by atoms with E-state index in [4.69, 9.17) is 28.2 Å². The molecule has 106 valence electrons. The molecule has 0 N–H and O–H groups in total. The Labute approximate surface area is 134 Å². The number of hydrogen-bond acceptors (Lipinski definition) is 2. The van der Waals surface area contributed by atoms with Gasteiger partial charge in [-0.2, -0.15) is 0 Å². The Hall–Kier alpha value is -1.51. The molecule has 0 bridgehead atoms. The molecule has 4 heteroatoms. The number of nitrogens with zero attached hydrogens (tertiary/aromatic N) is 2. The fourth-order valence-corrected chi connectivity index (χ4v) is 3.72. The fraction of sp³-hybridized carbons (Fsp3) is 0.235. The van der Waals surface area contributed by atoms with Gasteiger partial charge in [0, 0.05) is 41.0 Å². The molecule has 0 radical (unpaired) electrons. The van der Waals surface area contributed by atoms with Crippen LogP contribution in [0.5, 0.6) is 0 Å². The maximum Gasteiger partial charge on any atom is 0.106 e. The van der Waals surface area contributed by atoms with E-state index in [0.29, 0.717) is 16.0 Å². The smallest absolute Gasteiger partial charge is 0.106 e. The summed E-state index contributed by atoms with van der Waals surface area (Å²) in [5.74, 6) is 1.66. The molecule has 0 saturated carbocycles. The number of hydrogen-bond donors (Lipinski definition) is 0. The zero-order chi connectivity index (χ0) is 14.4. The van der Waals surface area contributed by atoms with Gasteiger partial charge >= 0.3 is 0 Å². The molecule has 1 atom stereocenters. The van der Waals surface area contributed by atoms with Crippen molar-refractivity contribution in [3.8, 4) is 0 Å². The van der Waals surface area contributed by atoms with E-state index in [1.54, 1.807) is 6.07 Å². The molecule has 1 saturated heterocycles.